The minimum atomic E-state index is 0.173. The summed E-state index contributed by atoms with van der Waals surface area (Å²) in [6.45, 7) is 2.90. The number of hydrogen-bond acceptors (Lipinski definition) is 4. The number of nitriles is 1. The standard InChI is InChI=1S/C18H17N5/c1-11-2-5-13(6-3-11)17-14(10-20-23-17)18-21-15-7-4-12(9-19)8-16(15)22-18/h2-8,14,17,20,23H,10H2,1H3,(H,21,22). The summed E-state index contributed by atoms with van der Waals surface area (Å²) in [4.78, 5) is 8.10. The molecule has 4 rings (SSSR count). The number of aryl methyl sites for hydroxylation is 1. The number of aromatic amines is 1. The van der Waals surface area contributed by atoms with Gasteiger partial charge in [-0.25, -0.2) is 10.4 Å². The van der Waals surface area contributed by atoms with Crippen molar-refractivity contribution >= 4 is 11.0 Å². The van der Waals surface area contributed by atoms with Crippen LogP contribution in [0, 0.1) is 18.3 Å². The number of aromatic nitrogens is 2. The molecule has 1 aliphatic rings. The highest BCUT2D eigenvalue weighted by Crippen LogP contribution is 2.32. The normalized spacial score (nSPS) is 20.7. The lowest BCUT2D eigenvalue weighted by atomic mass is 9.94. The van der Waals surface area contributed by atoms with Crippen LogP contribution >= 0.6 is 0 Å². The first-order valence-corrected chi connectivity index (χ1v) is 7.69. The van der Waals surface area contributed by atoms with E-state index in [9.17, 15) is 0 Å². The molecule has 2 atom stereocenters. The number of benzene rings is 2. The maximum absolute atomic E-state index is 9.02. The van der Waals surface area contributed by atoms with Gasteiger partial charge in [0.2, 0.25) is 0 Å². The highest BCUT2D eigenvalue weighted by atomic mass is 15.4. The Bertz CT molecular complexity index is 888. The van der Waals surface area contributed by atoms with Crippen LogP contribution in [-0.4, -0.2) is 16.5 Å². The summed E-state index contributed by atoms with van der Waals surface area (Å²) in [5.74, 6) is 1.16. The molecule has 1 saturated heterocycles. The second kappa shape index (κ2) is 5.51. The van der Waals surface area contributed by atoms with Crippen LogP contribution in [0.4, 0.5) is 0 Å². The molecule has 1 fully saturated rings. The molecule has 1 aliphatic heterocycles. The van der Waals surface area contributed by atoms with Crippen molar-refractivity contribution in [2.75, 3.05) is 6.54 Å². The van der Waals surface area contributed by atoms with E-state index >= 15 is 0 Å². The molecule has 1 aromatic heterocycles. The van der Waals surface area contributed by atoms with Crippen molar-refractivity contribution in [3.63, 3.8) is 0 Å². The molecule has 0 amide bonds. The van der Waals surface area contributed by atoms with Gasteiger partial charge in [-0.2, -0.15) is 5.26 Å². The third kappa shape index (κ3) is 2.48. The molecule has 0 spiro atoms. The van der Waals surface area contributed by atoms with Crippen LogP contribution in [0.15, 0.2) is 42.5 Å². The Morgan fingerprint density at radius 2 is 2.00 bits per heavy atom. The van der Waals surface area contributed by atoms with Crippen molar-refractivity contribution in [3.8, 4) is 6.07 Å². The van der Waals surface area contributed by atoms with Gasteiger partial charge in [-0.15, -0.1) is 0 Å². The third-order valence-corrected chi connectivity index (χ3v) is 4.40. The molecule has 0 aliphatic carbocycles. The summed E-state index contributed by atoms with van der Waals surface area (Å²) < 4.78 is 0. The van der Waals surface area contributed by atoms with E-state index in [4.69, 9.17) is 10.2 Å². The predicted octanol–water partition coefficient (Wildman–Crippen LogP) is 2.68. The molecule has 0 saturated carbocycles. The van der Waals surface area contributed by atoms with E-state index in [-0.39, 0.29) is 12.0 Å². The zero-order valence-electron chi connectivity index (χ0n) is 12.8. The fourth-order valence-corrected chi connectivity index (χ4v) is 3.12. The van der Waals surface area contributed by atoms with E-state index < -0.39 is 0 Å². The van der Waals surface area contributed by atoms with Gasteiger partial charge in [0, 0.05) is 6.54 Å². The Morgan fingerprint density at radius 3 is 2.78 bits per heavy atom. The predicted molar refractivity (Wildman–Crippen MR) is 88.6 cm³/mol. The fourth-order valence-electron chi connectivity index (χ4n) is 3.12. The van der Waals surface area contributed by atoms with Crippen molar-refractivity contribution in [2.45, 2.75) is 18.9 Å². The number of hydrogen-bond donors (Lipinski definition) is 3. The van der Waals surface area contributed by atoms with Crippen molar-refractivity contribution in [3.05, 3.63) is 65.0 Å². The number of nitrogens with one attached hydrogen (secondary N) is 3. The van der Waals surface area contributed by atoms with E-state index in [0.717, 1.165) is 23.4 Å². The lowest BCUT2D eigenvalue weighted by Gasteiger charge is -2.17. The van der Waals surface area contributed by atoms with E-state index in [1.54, 1.807) is 6.07 Å². The van der Waals surface area contributed by atoms with E-state index in [1.165, 1.54) is 11.1 Å². The van der Waals surface area contributed by atoms with E-state index in [2.05, 4.69) is 53.1 Å². The van der Waals surface area contributed by atoms with Gasteiger partial charge in [-0.05, 0) is 30.7 Å². The minimum Gasteiger partial charge on any atom is -0.342 e. The monoisotopic (exact) mass is 303 g/mol. The zero-order chi connectivity index (χ0) is 15.8. The van der Waals surface area contributed by atoms with Gasteiger partial charge in [0.05, 0.1) is 34.6 Å². The molecular formula is C18H17N5. The van der Waals surface area contributed by atoms with Crippen molar-refractivity contribution in [1.29, 1.82) is 5.26 Å². The average Bonchev–Trinajstić information content (AvgIpc) is 3.21. The first-order valence-electron chi connectivity index (χ1n) is 7.69. The highest BCUT2D eigenvalue weighted by Gasteiger charge is 2.31. The highest BCUT2D eigenvalue weighted by molar-refractivity contribution is 5.76. The number of rotatable bonds is 2. The Labute approximate surface area is 134 Å². The molecule has 3 aromatic rings. The van der Waals surface area contributed by atoms with Gasteiger partial charge >= 0.3 is 0 Å². The van der Waals surface area contributed by atoms with E-state index in [0.29, 0.717) is 5.56 Å². The number of H-pyrrole nitrogens is 1. The summed E-state index contributed by atoms with van der Waals surface area (Å²) >= 11 is 0. The Balaban J connectivity index is 1.71. The van der Waals surface area contributed by atoms with Crippen LogP contribution < -0.4 is 10.9 Å². The molecule has 2 heterocycles. The molecular weight excluding hydrogens is 286 g/mol. The summed E-state index contributed by atoms with van der Waals surface area (Å²) in [7, 11) is 0. The summed E-state index contributed by atoms with van der Waals surface area (Å²) in [6.07, 6.45) is 0. The lowest BCUT2D eigenvalue weighted by molar-refractivity contribution is 0.544. The molecule has 0 bridgehead atoms. The molecule has 5 heteroatoms. The van der Waals surface area contributed by atoms with Gasteiger partial charge in [-0.3, -0.25) is 5.43 Å². The molecule has 23 heavy (non-hydrogen) atoms. The first kappa shape index (κ1) is 13.9. The largest absolute Gasteiger partial charge is 0.342 e. The molecule has 5 nitrogen and oxygen atoms in total. The van der Waals surface area contributed by atoms with Crippen LogP contribution in [0.25, 0.3) is 11.0 Å². The molecule has 2 aromatic carbocycles. The number of nitrogens with zero attached hydrogens (tertiary/aromatic N) is 2. The van der Waals surface area contributed by atoms with Gasteiger partial charge < -0.3 is 4.98 Å². The second-order valence-corrected chi connectivity index (χ2v) is 5.99. The van der Waals surface area contributed by atoms with Crippen molar-refractivity contribution < 1.29 is 0 Å². The third-order valence-electron chi connectivity index (χ3n) is 4.40. The number of fused-ring (bicyclic) bond motifs is 1. The van der Waals surface area contributed by atoms with Crippen LogP contribution in [-0.2, 0) is 0 Å². The van der Waals surface area contributed by atoms with Crippen LogP contribution in [0.3, 0.4) is 0 Å². The second-order valence-electron chi connectivity index (χ2n) is 5.99. The van der Waals surface area contributed by atoms with Crippen LogP contribution in [0.1, 0.15) is 34.5 Å². The summed E-state index contributed by atoms with van der Waals surface area (Å²) in [5.41, 5.74) is 11.5. The number of imidazole rings is 1. The molecule has 114 valence electrons. The van der Waals surface area contributed by atoms with Gasteiger partial charge in [-0.1, -0.05) is 29.8 Å². The Hall–Kier alpha value is -2.68. The smallest absolute Gasteiger partial charge is 0.113 e. The Kier molecular flexibility index (Phi) is 3.34. The van der Waals surface area contributed by atoms with Gasteiger partial charge in [0.25, 0.3) is 0 Å². The van der Waals surface area contributed by atoms with Crippen molar-refractivity contribution in [2.24, 2.45) is 0 Å². The zero-order valence-corrected chi connectivity index (χ0v) is 12.8. The van der Waals surface area contributed by atoms with E-state index in [1.807, 2.05) is 12.1 Å². The van der Waals surface area contributed by atoms with Gasteiger partial charge in [0.1, 0.15) is 5.82 Å². The maximum Gasteiger partial charge on any atom is 0.113 e. The first-order chi connectivity index (χ1) is 11.2. The molecule has 2 unspecified atom stereocenters. The number of hydrazine groups is 1. The average molecular weight is 303 g/mol. The quantitative estimate of drug-likeness (QED) is 0.680. The summed E-state index contributed by atoms with van der Waals surface area (Å²) in [6, 6.07) is 16.5. The topological polar surface area (TPSA) is 76.5 Å². The fraction of sp³-hybridized carbons (Fsp3) is 0.222. The maximum atomic E-state index is 9.02. The SMILES string of the molecule is Cc1ccc(C2NNCC2c2nc3ccc(C#N)cc3[nH]2)cc1. The van der Waals surface area contributed by atoms with Crippen LogP contribution in [0.5, 0.6) is 0 Å². The Morgan fingerprint density at radius 1 is 1.17 bits per heavy atom. The minimum absolute atomic E-state index is 0.173. The molecule has 3 N–H and O–H groups in total. The summed E-state index contributed by atoms with van der Waals surface area (Å²) in [5, 5.41) is 9.02. The molecule has 0 radical (unpaired) electrons. The van der Waals surface area contributed by atoms with Gasteiger partial charge in [0.15, 0.2) is 0 Å². The van der Waals surface area contributed by atoms with Crippen LogP contribution in [0.2, 0.25) is 0 Å². The lowest BCUT2D eigenvalue weighted by Crippen LogP contribution is -2.24. The van der Waals surface area contributed by atoms with Crippen molar-refractivity contribution in [1.82, 2.24) is 20.8 Å².